The summed E-state index contributed by atoms with van der Waals surface area (Å²) in [4.78, 5) is 37.8. The SMILES string of the molecule is COC[C@H](NC(=O)OCC1c2ccccc2-c2ccccc21)C(=O)N1CC(CCCC(=O)O)C1. The Morgan fingerprint density at radius 1 is 1.06 bits per heavy atom. The van der Waals surface area contributed by atoms with Crippen molar-refractivity contribution in [2.24, 2.45) is 5.92 Å². The van der Waals surface area contributed by atoms with E-state index in [0.717, 1.165) is 28.7 Å². The highest BCUT2D eigenvalue weighted by atomic mass is 16.5. The molecular formula is C26H30N2O6. The molecule has 8 nitrogen and oxygen atoms in total. The Bertz CT molecular complexity index is 1000. The van der Waals surface area contributed by atoms with Crippen LogP contribution in [0.5, 0.6) is 0 Å². The Morgan fingerprint density at radius 2 is 1.68 bits per heavy atom. The molecule has 0 bridgehead atoms. The van der Waals surface area contributed by atoms with Crippen molar-refractivity contribution in [3.05, 3.63) is 59.7 Å². The van der Waals surface area contributed by atoms with Gasteiger partial charge in [0.05, 0.1) is 6.61 Å². The number of alkyl carbamates (subject to hydrolysis) is 1. The number of carboxylic acid groups (broad SMARTS) is 1. The summed E-state index contributed by atoms with van der Waals surface area (Å²) >= 11 is 0. The number of methoxy groups -OCH3 is 1. The standard InChI is InChI=1S/C26H30N2O6/c1-33-16-23(25(31)28-13-17(14-28)7-6-12-24(29)30)27-26(32)34-15-22-20-10-4-2-8-18(20)19-9-3-5-11-21(19)22/h2-5,8-11,17,22-23H,6-7,12-16H2,1H3,(H,27,32)(H,29,30)/t23-/m0/s1. The molecule has 0 radical (unpaired) electrons. The summed E-state index contributed by atoms with van der Waals surface area (Å²) in [5.74, 6) is -0.790. The Labute approximate surface area is 198 Å². The molecule has 2 N–H and O–H groups in total. The third-order valence-electron chi connectivity index (χ3n) is 6.54. The summed E-state index contributed by atoms with van der Waals surface area (Å²) in [7, 11) is 1.48. The topological polar surface area (TPSA) is 105 Å². The van der Waals surface area contributed by atoms with Crippen LogP contribution in [0.2, 0.25) is 0 Å². The Hall–Kier alpha value is -3.39. The highest BCUT2D eigenvalue weighted by Crippen LogP contribution is 2.44. The summed E-state index contributed by atoms with van der Waals surface area (Å²) < 4.78 is 10.7. The lowest BCUT2D eigenvalue weighted by Gasteiger charge is -2.41. The maximum absolute atomic E-state index is 12.8. The number of carbonyl (C=O) groups excluding carboxylic acids is 2. The van der Waals surface area contributed by atoms with Gasteiger partial charge in [-0.05, 0) is 41.0 Å². The van der Waals surface area contributed by atoms with Gasteiger partial charge in [-0.3, -0.25) is 9.59 Å². The zero-order valence-electron chi connectivity index (χ0n) is 19.2. The molecule has 1 heterocycles. The van der Waals surface area contributed by atoms with Crippen molar-refractivity contribution in [1.82, 2.24) is 10.2 Å². The number of fused-ring (bicyclic) bond motifs is 3. The van der Waals surface area contributed by atoms with Gasteiger partial charge in [0.2, 0.25) is 5.91 Å². The number of nitrogens with one attached hydrogen (secondary N) is 1. The van der Waals surface area contributed by atoms with E-state index in [4.69, 9.17) is 14.6 Å². The van der Waals surface area contributed by atoms with Crippen molar-refractivity contribution >= 4 is 18.0 Å². The van der Waals surface area contributed by atoms with Crippen LogP contribution in [0.25, 0.3) is 11.1 Å². The number of hydrogen-bond donors (Lipinski definition) is 2. The second-order valence-electron chi connectivity index (χ2n) is 8.87. The van der Waals surface area contributed by atoms with Crippen LogP contribution in [0.4, 0.5) is 4.79 Å². The molecule has 2 aromatic carbocycles. The minimum atomic E-state index is -0.833. The Balaban J connectivity index is 1.30. The van der Waals surface area contributed by atoms with E-state index in [-0.39, 0.29) is 31.5 Å². The molecule has 1 fully saturated rings. The van der Waals surface area contributed by atoms with Crippen molar-refractivity contribution in [2.45, 2.75) is 31.2 Å². The first kappa shape index (κ1) is 23.8. The quantitative estimate of drug-likeness (QED) is 0.557. The Morgan fingerprint density at radius 3 is 2.26 bits per heavy atom. The van der Waals surface area contributed by atoms with Gasteiger partial charge in [0.1, 0.15) is 12.6 Å². The average Bonchev–Trinajstić information content (AvgIpc) is 3.12. The molecule has 0 aromatic heterocycles. The summed E-state index contributed by atoms with van der Waals surface area (Å²) in [5, 5.41) is 11.4. The fourth-order valence-corrected chi connectivity index (χ4v) is 4.82. The molecular weight excluding hydrogens is 436 g/mol. The number of rotatable bonds is 10. The highest BCUT2D eigenvalue weighted by molar-refractivity contribution is 5.86. The molecule has 180 valence electrons. The van der Waals surface area contributed by atoms with Gasteiger partial charge in [0.25, 0.3) is 0 Å². The maximum Gasteiger partial charge on any atom is 0.407 e. The molecule has 1 aliphatic heterocycles. The lowest BCUT2D eigenvalue weighted by atomic mass is 9.93. The molecule has 1 aliphatic carbocycles. The third kappa shape index (κ3) is 5.22. The van der Waals surface area contributed by atoms with Crippen LogP contribution in [0, 0.1) is 5.92 Å². The van der Waals surface area contributed by atoms with Crippen molar-refractivity contribution in [1.29, 1.82) is 0 Å². The number of nitrogens with zero attached hydrogens (tertiary/aromatic N) is 1. The highest BCUT2D eigenvalue weighted by Gasteiger charge is 2.35. The predicted molar refractivity (Wildman–Crippen MR) is 125 cm³/mol. The smallest absolute Gasteiger partial charge is 0.407 e. The van der Waals surface area contributed by atoms with Crippen LogP contribution in [0.15, 0.2) is 48.5 Å². The number of ether oxygens (including phenoxy) is 2. The van der Waals surface area contributed by atoms with Crippen LogP contribution >= 0.6 is 0 Å². The van der Waals surface area contributed by atoms with Crippen LogP contribution < -0.4 is 5.32 Å². The maximum atomic E-state index is 12.8. The fraction of sp³-hybridized carbons (Fsp3) is 0.423. The molecule has 1 atom stereocenters. The molecule has 0 unspecified atom stereocenters. The number of carboxylic acids is 1. The summed E-state index contributed by atoms with van der Waals surface area (Å²) in [5.41, 5.74) is 4.54. The summed E-state index contributed by atoms with van der Waals surface area (Å²) in [6.07, 6.45) is 0.850. The van der Waals surface area contributed by atoms with Gasteiger partial charge in [-0.15, -0.1) is 0 Å². The zero-order chi connectivity index (χ0) is 24.1. The Kier molecular flexibility index (Phi) is 7.47. The van der Waals surface area contributed by atoms with Crippen molar-refractivity contribution in [2.75, 3.05) is 33.4 Å². The van der Waals surface area contributed by atoms with Crippen molar-refractivity contribution in [3.63, 3.8) is 0 Å². The molecule has 1 saturated heterocycles. The number of likely N-dealkylation sites (tertiary alicyclic amines) is 1. The van der Waals surface area contributed by atoms with Crippen molar-refractivity contribution in [3.8, 4) is 11.1 Å². The lowest BCUT2D eigenvalue weighted by molar-refractivity contribution is -0.142. The third-order valence-corrected chi connectivity index (χ3v) is 6.54. The molecule has 2 amide bonds. The van der Waals surface area contributed by atoms with E-state index in [0.29, 0.717) is 25.4 Å². The summed E-state index contributed by atoms with van der Waals surface area (Å²) in [6, 6.07) is 15.4. The molecule has 4 rings (SSSR count). The van der Waals surface area contributed by atoms with Gasteiger partial charge in [0.15, 0.2) is 0 Å². The van der Waals surface area contributed by atoms with Crippen molar-refractivity contribution < 1.29 is 29.0 Å². The molecule has 2 aliphatic rings. The van der Waals surface area contributed by atoms with E-state index in [2.05, 4.69) is 29.6 Å². The van der Waals surface area contributed by atoms with Gasteiger partial charge in [-0.1, -0.05) is 48.5 Å². The number of benzene rings is 2. The van der Waals surface area contributed by atoms with Gasteiger partial charge in [-0.2, -0.15) is 0 Å². The van der Waals surface area contributed by atoms with Gasteiger partial charge < -0.3 is 24.8 Å². The van der Waals surface area contributed by atoms with E-state index in [1.165, 1.54) is 7.11 Å². The number of carbonyl (C=O) groups is 3. The number of hydrogen-bond acceptors (Lipinski definition) is 5. The van der Waals surface area contributed by atoms with E-state index < -0.39 is 18.1 Å². The first-order chi connectivity index (χ1) is 16.5. The largest absolute Gasteiger partial charge is 0.481 e. The number of aliphatic carboxylic acids is 1. The van der Waals surface area contributed by atoms with E-state index in [1.807, 2.05) is 24.3 Å². The van der Waals surface area contributed by atoms with E-state index in [9.17, 15) is 14.4 Å². The molecule has 0 spiro atoms. The molecule has 34 heavy (non-hydrogen) atoms. The van der Waals surface area contributed by atoms with Gasteiger partial charge in [-0.25, -0.2) is 4.79 Å². The summed E-state index contributed by atoms with van der Waals surface area (Å²) in [6.45, 7) is 1.34. The van der Waals surface area contributed by atoms with Gasteiger partial charge >= 0.3 is 12.1 Å². The number of amides is 2. The molecule has 8 heteroatoms. The monoisotopic (exact) mass is 466 g/mol. The minimum absolute atomic E-state index is 0.0449. The normalized spacial score (nSPS) is 15.7. The van der Waals surface area contributed by atoms with Crippen LogP contribution in [0.3, 0.4) is 0 Å². The van der Waals surface area contributed by atoms with E-state index in [1.54, 1.807) is 4.90 Å². The molecule has 2 aromatic rings. The van der Waals surface area contributed by atoms with Crippen LogP contribution in [-0.2, 0) is 19.1 Å². The van der Waals surface area contributed by atoms with Gasteiger partial charge in [0, 0.05) is 32.5 Å². The first-order valence-electron chi connectivity index (χ1n) is 11.6. The second kappa shape index (κ2) is 10.7. The first-order valence-corrected chi connectivity index (χ1v) is 11.6. The predicted octanol–water partition coefficient (Wildman–Crippen LogP) is 3.25. The van der Waals surface area contributed by atoms with Crippen LogP contribution in [-0.4, -0.2) is 67.4 Å². The zero-order valence-corrected chi connectivity index (χ0v) is 19.2. The fourth-order valence-electron chi connectivity index (χ4n) is 4.82. The second-order valence-corrected chi connectivity index (χ2v) is 8.87. The molecule has 0 saturated carbocycles. The van der Waals surface area contributed by atoms with Crippen LogP contribution in [0.1, 0.15) is 36.3 Å². The minimum Gasteiger partial charge on any atom is -0.481 e. The lowest BCUT2D eigenvalue weighted by Crippen LogP contribution is -2.58. The average molecular weight is 467 g/mol. The van der Waals surface area contributed by atoms with E-state index >= 15 is 0 Å².